The highest BCUT2D eigenvalue weighted by atomic mass is 16.5. The van der Waals surface area contributed by atoms with Crippen LogP contribution in [-0.2, 0) is 9.53 Å². The quantitative estimate of drug-likeness (QED) is 0.284. The van der Waals surface area contributed by atoms with Crippen LogP contribution >= 0.6 is 0 Å². The molecule has 5 aliphatic carbocycles. The van der Waals surface area contributed by atoms with Gasteiger partial charge in [-0.3, -0.25) is 4.79 Å². The summed E-state index contributed by atoms with van der Waals surface area (Å²) in [7, 11) is 0. The normalized spacial score (nSPS) is 54.0. The van der Waals surface area contributed by atoms with E-state index >= 15 is 0 Å². The number of carbonyl (C=O) groups excluding carboxylic acids is 1. The maximum Gasteiger partial charge on any atom is 0.302 e. The highest BCUT2D eigenvalue weighted by molar-refractivity contribution is 5.66. The average molecular weight is 469 g/mol. The van der Waals surface area contributed by atoms with Gasteiger partial charge in [0.05, 0.1) is 0 Å². The molecular weight excluding hydrogens is 416 g/mol. The summed E-state index contributed by atoms with van der Waals surface area (Å²) in [5.74, 6) is 3.76. The molecule has 0 radical (unpaired) electrons. The number of hydrogen-bond acceptors (Lipinski definition) is 2. The highest BCUT2D eigenvalue weighted by Crippen LogP contribution is 2.75. The first-order valence-electron chi connectivity index (χ1n) is 14.6. The van der Waals surface area contributed by atoms with Crippen LogP contribution in [0.25, 0.3) is 0 Å². The third kappa shape index (κ3) is 3.14. The Labute approximate surface area is 210 Å². The van der Waals surface area contributed by atoms with Gasteiger partial charge in [0, 0.05) is 12.3 Å². The lowest BCUT2D eigenvalue weighted by Crippen LogP contribution is -2.63. The second-order valence-corrected chi connectivity index (χ2v) is 15.3. The maximum atomic E-state index is 11.9. The van der Waals surface area contributed by atoms with Gasteiger partial charge >= 0.3 is 5.97 Å². The third-order valence-corrected chi connectivity index (χ3v) is 13.3. The van der Waals surface area contributed by atoms with E-state index in [1.165, 1.54) is 51.4 Å². The molecule has 0 heterocycles. The van der Waals surface area contributed by atoms with Gasteiger partial charge in [-0.25, -0.2) is 0 Å². The fraction of sp³-hybridized carbons (Fsp3) is 0.906. The van der Waals surface area contributed by atoms with Crippen molar-refractivity contribution >= 4 is 5.97 Å². The molecule has 34 heavy (non-hydrogen) atoms. The van der Waals surface area contributed by atoms with Crippen LogP contribution in [0.3, 0.4) is 0 Å². The maximum absolute atomic E-state index is 11.9. The second-order valence-electron chi connectivity index (χ2n) is 15.3. The van der Waals surface area contributed by atoms with Crippen molar-refractivity contribution < 1.29 is 9.53 Å². The minimum atomic E-state index is -0.109. The van der Waals surface area contributed by atoms with E-state index < -0.39 is 0 Å². The van der Waals surface area contributed by atoms with Crippen LogP contribution in [0.5, 0.6) is 0 Å². The number of rotatable bonds is 1. The molecule has 0 spiro atoms. The Bertz CT molecular complexity index is 885. The first-order valence-corrected chi connectivity index (χ1v) is 14.6. The van der Waals surface area contributed by atoms with Crippen LogP contribution in [0.1, 0.15) is 120 Å². The molecule has 10 atom stereocenters. The topological polar surface area (TPSA) is 26.3 Å². The Morgan fingerprint density at radius 2 is 1.50 bits per heavy atom. The lowest BCUT2D eigenvalue weighted by molar-refractivity contribution is -0.199. The molecule has 0 aromatic heterocycles. The van der Waals surface area contributed by atoms with Crippen LogP contribution in [0, 0.1) is 56.7 Å². The Kier molecular flexibility index (Phi) is 5.57. The van der Waals surface area contributed by atoms with Crippen molar-refractivity contribution in [2.45, 2.75) is 126 Å². The van der Waals surface area contributed by atoms with Gasteiger partial charge in [-0.05, 0) is 109 Å². The average Bonchev–Trinajstić information content (AvgIpc) is 2.72. The number of carbonyl (C=O) groups is 1. The van der Waals surface area contributed by atoms with Crippen molar-refractivity contribution in [3.63, 3.8) is 0 Å². The van der Waals surface area contributed by atoms with Crippen LogP contribution in [0.4, 0.5) is 0 Å². The number of fused-ring (bicyclic) bond motifs is 7. The first-order chi connectivity index (χ1) is 15.7. The van der Waals surface area contributed by atoms with Gasteiger partial charge in [0.15, 0.2) is 0 Å². The van der Waals surface area contributed by atoms with E-state index in [1.807, 2.05) is 5.57 Å². The SMILES string of the molecule is CC(=O)OC1CCC2(C)C3CCC4(C)C(=CCC5(C)CCC(C)C(C)C54)C3(C)CCC2C1(C)C. The summed E-state index contributed by atoms with van der Waals surface area (Å²) < 4.78 is 5.91. The van der Waals surface area contributed by atoms with Crippen molar-refractivity contribution in [1.29, 1.82) is 0 Å². The van der Waals surface area contributed by atoms with E-state index in [4.69, 9.17) is 4.74 Å². The molecule has 0 aromatic rings. The summed E-state index contributed by atoms with van der Waals surface area (Å²) in [4.78, 5) is 11.9. The zero-order valence-corrected chi connectivity index (χ0v) is 23.7. The van der Waals surface area contributed by atoms with Gasteiger partial charge in [-0.2, -0.15) is 0 Å². The van der Waals surface area contributed by atoms with Crippen LogP contribution < -0.4 is 0 Å². The minimum Gasteiger partial charge on any atom is -0.462 e. The van der Waals surface area contributed by atoms with Gasteiger partial charge < -0.3 is 4.74 Å². The fourth-order valence-corrected chi connectivity index (χ4v) is 11.8. The van der Waals surface area contributed by atoms with E-state index in [2.05, 4.69) is 61.5 Å². The molecule has 0 aromatic carbocycles. The number of ether oxygens (including phenoxy) is 1. The van der Waals surface area contributed by atoms with Crippen LogP contribution in [0.15, 0.2) is 11.6 Å². The Hall–Kier alpha value is -0.790. The predicted octanol–water partition coefficient (Wildman–Crippen LogP) is 8.60. The lowest BCUT2D eigenvalue weighted by Gasteiger charge is -2.70. The van der Waals surface area contributed by atoms with Crippen molar-refractivity contribution in [3.05, 3.63) is 11.6 Å². The lowest BCUT2D eigenvalue weighted by atomic mass is 9.34. The van der Waals surface area contributed by atoms with Crippen LogP contribution in [-0.4, -0.2) is 12.1 Å². The number of esters is 1. The summed E-state index contributed by atoms with van der Waals surface area (Å²) >= 11 is 0. The molecule has 10 unspecified atom stereocenters. The summed E-state index contributed by atoms with van der Waals surface area (Å²) in [5.41, 5.74) is 3.41. The van der Waals surface area contributed by atoms with E-state index in [0.29, 0.717) is 27.6 Å². The van der Waals surface area contributed by atoms with Gasteiger partial charge in [0.25, 0.3) is 0 Å². The Morgan fingerprint density at radius 3 is 2.18 bits per heavy atom. The molecule has 0 amide bonds. The standard InChI is InChI=1S/C32H52O2/c1-20-10-15-29(6)16-11-25-31(8)17-12-23-28(4,5)26(34-22(3)33)14-19-30(23,7)24(31)13-18-32(25,9)27(29)21(20)2/h11,20-21,23-24,26-27H,10,12-19H2,1-9H3. The zero-order valence-electron chi connectivity index (χ0n) is 23.7. The van der Waals surface area contributed by atoms with Gasteiger partial charge in [-0.1, -0.05) is 67.0 Å². The molecule has 2 nitrogen and oxygen atoms in total. The van der Waals surface area contributed by atoms with Crippen molar-refractivity contribution in [1.82, 2.24) is 0 Å². The second kappa shape index (κ2) is 7.61. The van der Waals surface area contributed by atoms with Gasteiger partial charge in [0.1, 0.15) is 6.10 Å². The highest BCUT2D eigenvalue weighted by Gasteiger charge is 2.67. The van der Waals surface area contributed by atoms with Crippen LogP contribution in [0.2, 0.25) is 0 Å². The molecule has 4 fully saturated rings. The molecule has 0 N–H and O–H groups in total. The van der Waals surface area contributed by atoms with E-state index in [0.717, 1.165) is 30.1 Å². The Balaban J connectivity index is 1.52. The molecule has 192 valence electrons. The first kappa shape index (κ1) is 24.9. The smallest absolute Gasteiger partial charge is 0.302 e. The monoisotopic (exact) mass is 468 g/mol. The van der Waals surface area contributed by atoms with E-state index in [-0.39, 0.29) is 17.5 Å². The zero-order chi connectivity index (χ0) is 24.9. The summed E-state index contributed by atoms with van der Waals surface area (Å²) in [5, 5.41) is 0. The van der Waals surface area contributed by atoms with E-state index in [1.54, 1.807) is 6.92 Å². The minimum absolute atomic E-state index is 0.0492. The molecule has 2 heteroatoms. The summed E-state index contributed by atoms with van der Waals surface area (Å²) in [6.07, 6.45) is 14.5. The molecule has 0 bridgehead atoms. The largest absolute Gasteiger partial charge is 0.462 e. The Morgan fingerprint density at radius 1 is 0.853 bits per heavy atom. The van der Waals surface area contributed by atoms with Crippen molar-refractivity contribution in [2.24, 2.45) is 56.7 Å². The summed E-state index contributed by atoms with van der Waals surface area (Å²) in [6, 6.07) is 0. The molecule has 0 aliphatic heterocycles. The molecular formula is C32H52O2. The number of allylic oxidation sites excluding steroid dienone is 2. The summed E-state index contributed by atoms with van der Waals surface area (Å²) in [6.45, 7) is 22.1. The van der Waals surface area contributed by atoms with E-state index in [9.17, 15) is 4.79 Å². The van der Waals surface area contributed by atoms with Gasteiger partial charge in [0.2, 0.25) is 0 Å². The fourth-order valence-electron chi connectivity index (χ4n) is 11.8. The molecule has 4 saturated carbocycles. The number of hydrogen-bond donors (Lipinski definition) is 0. The molecule has 5 aliphatic rings. The third-order valence-electron chi connectivity index (χ3n) is 13.3. The predicted molar refractivity (Wildman–Crippen MR) is 140 cm³/mol. The van der Waals surface area contributed by atoms with Crippen molar-refractivity contribution in [3.8, 4) is 0 Å². The van der Waals surface area contributed by atoms with Crippen molar-refractivity contribution in [2.75, 3.05) is 0 Å². The molecule has 0 saturated heterocycles. The van der Waals surface area contributed by atoms with Gasteiger partial charge in [-0.15, -0.1) is 0 Å². The molecule has 5 rings (SSSR count).